The fourth-order valence-corrected chi connectivity index (χ4v) is 1.23. The van der Waals surface area contributed by atoms with Gasteiger partial charge in [0, 0.05) is 13.1 Å². The van der Waals surface area contributed by atoms with E-state index in [1.165, 1.54) is 0 Å². The van der Waals surface area contributed by atoms with Crippen molar-refractivity contribution in [3.8, 4) is 0 Å². The number of hydrogen-bond donors (Lipinski definition) is 10. The standard InChI is InChI=1S/C8H20N6O.C4H11NO3/c9-4-6(11)7(15)5(10)2-1-3-14-8(12)13;5-4(1-6,2-7)3-8/h5-6H,1-4,9-11H2,(H4,12,13,14);6-8H,1-3,5H2. The number of aliphatic hydroxyl groups excluding tert-OH is 3. The van der Waals surface area contributed by atoms with E-state index < -0.39 is 37.4 Å². The van der Waals surface area contributed by atoms with E-state index in [4.69, 9.17) is 49.4 Å². The summed E-state index contributed by atoms with van der Waals surface area (Å²) in [6.07, 6.45) is 1.16. The second-order valence-electron chi connectivity index (χ2n) is 5.17. The molecule has 0 aliphatic rings. The zero-order chi connectivity index (χ0) is 18.5. The molecule has 11 heteroatoms. The second-order valence-corrected chi connectivity index (χ2v) is 5.17. The molecule has 0 rings (SSSR count). The Hall–Kier alpha value is -1.34. The summed E-state index contributed by atoms with van der Waals surface area (Å²) in [6.45, 7) is -0.577. The van der Waals surface area contributed by atoms with Crippen molar-refractivity contribution >= 4 is 11.7 Å². The van der Waals surface area contributed by atoms with E-state index in [1.807, 2.05) is 0 Å². The molecular formula is C12H31N7O4. The molecule has 0 aromatic heterocycles. The molecule has 0 aliphatic heterocycles. The van der Waals surface area contributed by atoms with Crippen molar-refractivity contribution < 1.29 is 20.1 Å². The van der Waals surface area contributed by atoms with Gasteiger partial charge in [-0.05, 0) is 12.8 Å². The van der Waals surface area contributed by atoms with Crippen molar-refractivity contribution in [2.24, 2.45) is 28.7 Å². The molecule has 0 aliphatic carbocycles. The number of Topliss-reactive ketones (excluding diaryl/α,β-unsaturated/α-hetero) is 1. The molecule has 2 unspecified atom stereocenters. The van der Waals surface area contributed by atoms with Gasteiger partial charge in [-0.2, -0.15) is 0 Å². The van der Waals surface area contributed by atoms with Crippen LogP contribution in [0.25, 0.3) is 0 Å². The van der Waals surface area contributed by atoms with Crippen LogP contribution in [0.2, 0.25) is 0 Å². The SMILES string of the molecule is N=C(N)NCCCC(N)C(=O)C(N)CN.NC(CO)(CO)CO. The summed E-state index contributed by atoms with van der Waals surface area (Å²) in [5, 5.41) is 34.5. The van der Waals surface area contributed by atoms with Crippen molar-refractivity contribution in [1.82, 2.24) is 5.32 Å². The molecule has 15 N–H and O–H groups in total. The minimum absolute atomic E-state index is 0.0893. The van der Waals surface area contributed by atoms with Crippen LogP contribution in [0.1, 0.15) is 12.8 Å². The molecule has 0 saturated carbocycles. The van der Waals surface area contributed by atoms with Crippen molar-refractivity contribution in [2.75, 3.05) is 32.9 Å². The van der Waals surface area contributed by atoms with Gasteiger partial charge in [0.15, 0.2) is 11.7 Å². The topological polar surface area (TPSA) is 244 Å². The molecule has 0 amide bonds. The zero-order valence-electron chi connectivity index (χ0n) is 13.2. The Morgan fingerprint density at radius 3 is 1.91 bits per heavy atom. The quantitative estimate of drug-likeness (QED) is 0.103. The third-order valence-corrected chi connectivity index (χ3v) is 2.94. The first-order chi connectivity index (χ1) is 10.7. The van der Waals surface area contributed by atoms with Crippen LogP contribution in [0, 0.1) is 5.41 Å². The van der Waals surface area contributed by atoms with Crippen molar-refractivity contribution in [1.29, 1.82) is 5.41 Å². The molecule has 0 radical (unpaired) electrons. The fraction of sp³-hybridized carbons (Fsp3) is 0.833. The van der Waals surface area contributed by atoms with Crippen molar-refractivity contribution in [3.05, 3.63) is 0 Å². The Labute approximate surface area is 135 Å². The van der Waals surface area contributed by atoms with E-state index in [-0.39, 0.29) is 18.3 Å². The number of guanidine groups is 1. The number of carbonyl (C=O) groups excluding carboxylic acids is 1. The summed E-state index contributed by atoms with van der Waals surface area (Å²) < 4.78 is 0. The predicted octanol–water partition coefficient (Wildman–Crippen LogP) is -4.91. The number of ketones is 1. The molecule has 0 fully saturated rings. The van der Waals surface area contributed by atoms with Gasteiger partial charge in [-0.3, -0.25) is 10.2 Å². The summed E-state index contributed by atoms with van der Waals surface area (Å²) in [4.78, 5) is 11.4. The maximum atomic E-state index is 11.4. The van der Waals surface area contributed by atoms with Gasteiger partial charge in [0.2, 0.25) is 0 Å². The number of nitrogens with one attached hydrogen (secondary N) is 2. The molecule has 0 saturated heterocycles. The van der Waals surface area contributed by atoms with Gasteiger partial charge in [0.1, 0.15) is 0 Å². The number of hydrogen-bond acceptors (Lipinski definition) is 9. The van der Waals surface area contributed by atoms with E-state index in [0.717, 1.165) is 0 Å². The van der Waals surface area contributed by atoms with E-state index in [1.54, 1.807) is 0 Å². The second kappa shape index (κ2) is 13.1. The first kappa shape index (κ1) is 23.9. The minimum Gasteiger partial charge on any atom is -0.394 e. The van der Waals surface area contributed by atoms with Crippen LogP contribution >= 0.6 is 0 Å². The molecule has 11 nitrogen and oxygen atoms in total. The zero-order valence-corrected chi connectivity index (χ0v) is 13.2. The Morgan fingerprint density at radius 1 is 1.13 bits per heavy atom. The predicted molar refractivity (Wildman–Crippen MR) is 87.3 cm³/mol. The molecule has 23 heavy (non-hydrogen) atoms. The average molecular weight is 337 g/mol. The van der Waals surface area contributed by atoms with Crippen molar-refractivity contribution in [3.63, 3.8) is 0 Å². The van der Waals surface area contributed by atoms with Crippen LogP contribution in [0.5, 0.6) is 0 Å². The lowest BCUT2D eigenvalue weighted by Gasteiger charge is -2.20. The lowest BCUT2D eigenvalue weighted by atomic mass is 10.0. The van der Waals surface area contributed by atoms with Crippen LogP contribution in [0.3, 0.4) is 0 Å². The maximum absolute atomic E-state index is 11.4. The van der Waals surface area contributed by atoms with Crippen LogP contribution in [-0.2, 0) is 4.79 Å². The monoisotopic (exact) mass is 337 g/mol. The lowest BCUT2D eigenvalue weighted by molar-refractivity contribution is -0.121. The largest absolute Gasteiger partial charge is 0.394 e. The van der Waals surface area contributed by atoms with E-state index in [2.05, 4.69) is 5.32 Å². The summed E-state index contributed by atoms with van der Waals surface area (Å²) >= 11 is 0. The third kappa shape index (κ3) is 11.8. The van der Waals surface area contributed by atoms with Gasteiger partial charge in [-0.25, -0.2) is 0 Å². The van der Waals surface area contributed by atoms with Gasteiger partial charge in [-0.1, -0.05) is 0 Å². The molecule has 0 bridgehead atoms. The molecule has 0 aromatic carbocycles. The van der Waals surface area contributed by atoms with Crippen LogP contribution in [-0.4, -0.2) is 77.6 Å². The Kier molecular flexibility index (Phi) is 13.7. The highest BCUT2D eigenvalue weighted by Gasteiger charge is 2.21. The highest BCUT2D eigenvalue weighted by Crippen LogP contribution is 1.97. The summed E-state index contributed by atoms with van der Waals surface area (Å²) in [7, 11) is 0. The highest BCUT2D eigenvalue weighted by atomic mass is 16.3. The normalized spacial score (nSPS) is 13.5. The summed E-state index contributed by atoms with van der Waals surface area (Å²) in [5.74, 6) is -0.311. The van der Waals surface area contributed by atoms with Crippen LogP contribution in [0.15, 0.2) is 0 Å². The number of rotatable bonds is 10. The van der Waals surface area contributed by atoms with E-state index in [9.17, 15) is 4.79 Å². The van der Waals surface area contributed by atoms with Gasteiger partial charge in [-0.15, -0.1) is 0 Å². The summed E-state index contributed by atoms with van der Waals surface area (Å²) in [6, 6.07) is -1.27. The van der Waals surface area contributed by atoms with Gasteiger partial charge in [0.05, 0.1) is 37.4 Å². The molecule has 0 aromatic rings. The number of aliphatic hydroxyl groups is 3. The fourth-order valence-electron chi connectivity index (χ4n) is 1.23. The smallest absolute Gasteiger partial charge is 0.185 e. The summed E-state index contributed by atoms with van der Waals surface area (Å²) in [5.41, 5.74) is 25.3. The molecule has 0 spiro atoms. The first-order valence-corrected chi connectivity index (χ1v) is 7.11. The minimum atomic E-state index is -1.21. The number of nitrogens with two attached hydrogens (primary N) is 5. The molecular weight excluding hydrogens is 306 g/mol. The highest BCUT2D eigenvalue weighted by molar-refractivity contribution is 5.88. The molecule has 138 valence electrons. The van der Waals surface area contributed by atoms with Crippen LogP contribution in [0.4, 0.5) is 0 Å². The maximum Gasteiger partial charge on any atom is 0.185 e. The Bertz CT molecular complexity index is 331. The van der Waals surface area contributed by atoms with E-state index in [0.29, 0.717) is 19.4 Å². The molecule has 2 atom stereocenters. The Morgan fingerprint density at radius 2 is 1.61 bits per heavy atom. The van der Waals surface area contributed by atoms with Gasteiger partial charge >= 0.3 is 0 Å². The average Bonchev–Trinajstić information content (AvgIpc) is 2.56. The molecule has 0 heterocycles. The van der Waals surface area contributed by atoms with Crippen molar-refractivity contribution in [2.45, 2.75) is 30.5 Å². The van der Waals surface area contributed by atoms with Gasteiger partial charge in [0.25, 0.3) is 0 Å². The van der Waals surface area contributed by atoms with E-state index >= 15 is 0 Å². The lowest BCUT2D eigenvalue weighted by Crippen LogP contribution is -2.50. The number of carbonyl (C=O) groups is 1. The van der Waals surface area contributed by atoms with Gasteiger partial charge < -0.3 is 49.3 Å². The Balaban J connectivity index is 0. The van der Waals surface area contributed by atoms with Crippen LogP contribution < -0.4 is 34.0 Å². The first-order valence-electron chi connectivity index (χ1n) is 7.11. The third-order valence-electron chi connectivity index (χ3n) is 2.94.